The van der Waals surface area contributed by atoms with Crippen LogP contribution in [0.2, 0.25) is 15.1 Å². The van der Waals surface area contributed by atoms with Gasteiger partial charge in [-0.15, -0.1) is 10.2 Å². The number of carbonyl (C=O) groups is 1. The molecule has 9 heteroatoms. The van der Waals surface area contributed by atoms with Crippen molar-refractivity contribution in [2.24, 2.45) is 0 Å². The molecular formula is C23H16Cl3N3O2S. The number of halogens is 3. The van der Waals surface area contributed by atoms with E-state index < -0.39 is 0 Å². The summed E-state index contributed by atoms with van der Waals surface area (Å²) in [6.07, 6.45) is 0. The Kier molecular flexibility index (Phi) is 7.37. The molecule has 0 amide bonds. The Morgan fingerprint density at radius 3 is 2.34 bits per heavy atom. The van der Waals surface area contributed by atoms with Crippen molar-refractivity contribution >= 4 is 52.3 Å². The van der Waals surface area contributed by atoms with Gasteiger partial charge in [-0.1, -0.05) is 64.8 Å². The highest BCUT2D eigenvalue weighted by atomic mass is 35.5. The van der Waals surface area contributed by atoms with Gasteiger partial charge in [0.2, 0.25) is 0 Å². The number of hydrogen-bond donors (Lipinski definition) is 0. The highest BCUT2D eigenvalue weighted by molar-refractivity contribution is 7.99. The summed E-state index contributed by atoms with van der Waals surface area (Å²) >= 11 is 19.4. The molecule has 3 aromatic carbocycles. The molecule has 0 fully saturated rings. The summed E-state index contributed by atoms with van der Waals surface area (Å²) < 4.78 is 7.72. The van der Waals surface area contributed by atoms with Gasteiger partial charge in [0.05, 0.1) is 10.8 Å². The maximum Gasteiger partial charge on any atom is 0.196 e. The highest BCUT2D eigenvalue weighted by Crippen LogP contribution is 2.29. The van der Waals surface area contributed by atoms with Crippen molar-refractivity contribution in [3.63, 3.8) is 0 Å². The number of para-hydroxylation sites is 1. The molecule has 0 unspecified atom stereocenters. The van der Waals surface area contributed by atoms with E-state index in [-0.39, 0.29) is 18.1 Å². The van der Waals surface area contributed by atoms with Crippen LogP contribution in [0.5, 0.6) is 5.75 Å². The summed E-state index contributed by atoms with van der Waals surface area (Å²) in [4.78, 5) is 12.6. The number of nitrogens with zero attached hydrogens (tertiary/aromatic N) is 3. The van der Waals surface area contributed by atoms with E-state index in [4.69, 9.17) is 39.5 Å². The molecule has 0 radical (unpaired) electrons. The Labute approximate surface area is 204 Å². The van der Waals surface area contributed by atoms with Crippen molar-refractivity contribution in [1.29, 1.82) is 0 Å². The minimum absolute atomic E-state index is 0.0278. The molecule has 0 saturated heterocycles. The molecule has 4 aromatic rings. The number of rotatable bonds is 8. The fraction of sp³-hybridized carbons (Fsp3) is 0.0870. The van der Waals surface area contributed by atoms with Gasteiger partial charge in [0.1, 0.15) is 12.4 Å². The SMILES string of the molecule is O=C(CSc1nnc(COc2ccc(Cl)cc2Cl)n1-c1ccccc1)c1ccc(Cl)cc1. The molecule has 0 N–H and O–H groups in total. The van der Waals surface area contributed by atoms with Crippen LogP contribution < -0.4 is 4.74 Å². The van der Waals surface area contributed by atoms with Crippen molar-refractivity contribution < 1.29 is 9.53 Å². The van der Waals surface area contributed by atoms with E-state index in [0.29, 0.717) is 37.4 Å². The summed E-state index contributed by atoms with van der Waals surface area (Å²) in [7, 11) is 0. The van der Waals surface area contributed by atoms with Crippen LogP contribution in [0.1, 0.15) is 16.2 Å². The average molecular weight is 505 g/mol. The first-order chi connectivity index (χ1) is 15.5. The van der Waals surface area contributed by atoms with E-state index in [1.807, 2.05) is 34.9 Å². The fourth-order valence-corrected chi connectivity index (χ4v) is 4.36. The van der Waals surface area contributed by atoms with Crippen LogP contribution >= 0.6 is 46.6 Å². The highest BCUT2D eigenvalue weighted by Gasteiger charge is 2.17. The zero-order valence-corrected chi connectivity index (χ0v) is 19.6. The third kappa shape index (κ3) is 5.45. The summed E-state index contributed by atoms with van der Waals surface area (Å²) in [6, 6.07) is 21.5. The lowest BCUT2D eigenvalue weighted by Gasteiger charge is -2.12. The number of aromatic nitrogens is 3. The molecule has 0 aliphatic heterocycles. The third-order valence-corrected chi connectivity index (χ3v) is 6.18. The van der Waals surface area contributed by atoms with E-state index in [1.54, 1.807) is 42.5 Å². The molecule has 4 rings (SSSR count). The lowest BCUT2D eigenvalue weighted by molar-refractivity contribution is 0.102. The van der Waals surface area contributed by atoms with Gasteiger partial charge in [0.15, 0.2) is 16.8 Å². The molecule has 162 valence electrons. The second kappa shape index (κ2) is 10.4. The van der Waals surface area contributed by atoms with Gasteiger partial charge in [0.25, 0.3) is 0 Å². The largest absolute Gasteiger partial charge is 0.484 e. The van der Waals surface area contributed by atoms with Gasteiger partial charge in [0, 0.05) is 21.3 Å². The summed E-state index contributed by atoms with van der Waals surface area (Å²) in [5.74, 6) is 1.24. The first-order valence-electron chi connectivity index (χ1n) is 9.50. The number of hydrogen-bond acceptors (Lipinski definition) is 5. The minimum Gasteiger partial charge on any atom is -0.484 e. The van der Waals surface area contributed by atoms with E-state index in [9.17, 15) is 4.79 Å². The Morgan fingerprint density at radius 2 is 1.62 bits per heavy atom. The van der Waals surface area contributed by atoms with Gasteiger partial charge in [-0.05, 0) is 54.6 Å². The van der Waals surface area contributed by atoms with E-state index in [1.165, 1.54) is 11.8 Å². The second-order valence-electron chi connectivity index (χ2n) is 6.65. The molecule has 0 bridgehead atoms. The monoisotopic (exact) mass is 503 g/mol. The molecule has 32 heavy (non-hydrogen) atoms. The average Bonchev–Trinajstić information content (AvgIpc) is 3.20. The number of ether oxygens (including phenoxy) is 1. The van der Waals surface area contributed by atoms with E-state index >= 15 is 0 Å². The van der Waals surface area contributed by atoms with Crippen LogP contribution in [0.3, 0.4) is 0 Å². The lowest BCUT2D eigenvalue weighted by Crippen LogP contribution is -2.08. The Hall–Kier alpha value is -2.51. The van der Waals surface area contributed by atoms with Crippen LogP contribution in [0, 0.1) is 0 Å². The maximum atomic E-state index is 12.6. The van der Waals surface area contributed by atoms with Crippen LogP contribution in [0.15, 0.2) is 78.0 Å². The first kappa shape index (κ1) is 22.7. The molecule has 1 aromatic heterocycles. The predicted molar refractivity (Wildman–Crippen MR) is 129 cm³/mol. The molecule has 0 atom stereocenters. The van der Waals surface area contributed by atoms with E-state index in [2.05, 4.69) is 10.2 Å². The quantitative estimate of drug-likeness (QED) is 0.195. The molecular weight excluding hydrogens is 489 g/mol. The van der Waals surface area contributed by atoms with Gasteiger partial charge in [-0.25, -0.2) is 0 Å². The normalized spacial score (nSPS) is 10.8. The predicted octanol–water partition coefficient (Wildman–Crippen LogP) is 6.78. The lowest BCUT2D eigenvalue weighted by atomic mass is 10.1. The summed E-state index contributed by atoms with van der Waals surface area (Å²) in [5.41, 5.74) is 1.45. The van der Waals surface area contributed by atoms with Gasteiger partial charge < -0.3 is 4.74 Å². The number of ketones is 1. The van der Waals surface area contributed by atoms with Crippen LogP contribution in [0.25, 0.3) is 5.69 Å². The molecule has 0 aliphatic carbocycles. The Balaban J connectivity index is 1.55. The molecule has 5 nitrogen and oxygen atoms in total. The first-order valence-corrected chi connectivity index (χ1v) is 11.6. The van der Waals surface area contributed by atoms with Crippen molar-refractivity contribution in [3.05, 3.63) is 99.3 Å². The van der Waals surface area contributed by atoms with Crippen molar-refractivity contribution in [2.45, 2.75) is 11.8 Å². The summed E-state index contributed by atoms with van der Waals surface area (Å²) in [6.45, 7) is 0.134. The second-order valence-corrected chi connectivity index (χ2v) is 8.87. The smallest absolute Gasteiger partial charge is 0.196 e. The Morgan fingerprint density at radius 1 is 0.906 bits per heavy atom. The Bertz CT molecular complexity index is 1230. The van der Waals surface area contributed by atoms with Crippen LogP contribution in [0.4, 0.5) is 0 Å². The maximum absolute atomic E-state index is 12.6. The minimum atomic E-state index is -0.0278. The topological polar surface area (TPSA) is 57.0 Å². The van der Waals surface area contributed by atoms with E-state index in [0.717, 1.165) is 5.69 Å². The van der Waals surface area contributed by atoms with Crippen molar-refractivity contribution in [3.8, 4) is 11.4 Å². The van der Waals surface area contributed by atoms with Gasteiger partial charge in [-0.3, -0.25) is 9.36 Å². The van der Waals surface area contributed by atoms with Crippen LogP contribution in [-0.2, 0) is 6.61 Å². The number of Topliss-reactive ketones (excluding diaryl/α,β-unsaturated/α-hetero) is 1. The standard InChI is InChI=1S/C23H16Cl3N3O2S/c24-16-8-6-15(7-9-16)20(30)14-32-23-28-27-22(29(23)18-4-2-1-3-5-18)13-31-21-11-10-17(25)12-19(21)26/h1-12H,13-14H2. The molecule has 0 aliphatic rings. The van der Waals surface area contributed by atoms with Crippen molar-refractivity contribution in [1.82, 2.24) is 14.8 Å². The third-order valence-electron chi connectivity index (χ3n) is 4.46. The fourth-order valence-electron chi connectivity index (χ4n) is 2.91. The zero-order valence-electron chi connectivity index (χ0n) is 16.5. The number of carbonyl (C=O) groups excluding carboxylic acids is 1. The molecule has 1 heterocycles. The van der Waals surface area contributed by atoms with Crippen LogP contribution in [-0.4, -0.2) is 26.3 Å². The number of benzene rings is 3. The summed E-state index contributed by atoms with van der Waals surface area (Å²) in [5, 5.41) is 10.7. The number of thioether (sulfide) groups is 1. The molecule has 0 saturated carbocycles. The van der Waals surface area contributed by atoms with Crippen molar-refractivity contribution in [2.75, 3.05) is 5.75 Å². The van der Waals surface area contributed by atoms with Gasteiger partial charge >= 0.3 is 0 Å². The molecule has 0 spiro atoms. The van der Waals surface area contributed by atoms with Gasteiger partial charge in [-0.2, -0.15) is 0 Å². The zero-order chi connectivity index (χ0) is 22.5.